The monoisotopic (exact) mass is 334 g/mol. The fourth-order valence-corrected chi connectivity index (χ4v) is 2.76. The number of benzene rings is 1. The van der Waals surface area contributed by atoms with Gasteiger partial charge in [-0.2, -0.15) is 0 Å². The van der Waals surface area contributed by atoms with Crippen LogP contribution in [-0.4, -0.2) is 16.6 Å². The predicted molar refractivity (Wildman–Crippen MR) is 85.7 cm³/mol. The largest absolute Gasteiger partial charge is 0.389 e. The van der Waals surface area contributed by atoms with Crippen LogP contribution >= 0.6 is 15.9 Å². The van der Waals surface area contributed by atoms with Crippen LogP contribution in [0.4, 0.5) is 5.69 Å². The Bertz CT molecular complexity index is 558. The van der Waals surface area contributed by atoms with E-state index < -0.39 is 6.10 Å². The van der Waals surface area contributed by atoms with Crippen LogP contribution in [0.3, 0.4) is 0 Å². The molecule has 0 aliphatic rings. The van der Waals surface area contributed by atoms with Crippen LogP contribution in [0.5, 0.6) is 0 Å². The van der Waals surface area contributed by atoms with E-state index in [2.05, 4.69) is 38.8 Å². The van der Waals surface area contributed by atoms with Crippen LogP contribution in [0.25, 0.3) is 0 Å². The first-order valence-corrected chi connectivity index (χ1v) is 7.52. The minimum atomic E-state index is -0.448. The van der Waals surface area contributed by atoms with Gasteiger partial charge in [0.05, 0.1) is 11.8 Å². The predicted octanol–water partition coefficient (Wildman–Crippen LogP) is 3.92. The molecule has 0 saturated heterocycles. The average molecular weight is 335 g/mol. The average Bonchev–Trinajstić information content (AvgIpc) is 2.46. The van der Waals surface area contributed by atoms with E-state index in [4.69, 9.17) is 0 Å². The Balaban J connectivity index is 2.23. The molecule has 0 aliphatic carbocycles. The topological polar surface area (TPSA) is 36.4 Å². The van der Waals surface area contributed by atoms with Gasteiger partial charge in [0, 0.05) is 30.0 Å². The number of anilines is 1. The van der Waals surface area contributed by atoms with E-state index in [1.54, 1.807) is 6.92 Å². The van der Waals surface area contributed by atoms with Gasteiger partial charge < -0.3 is 10.0 Å². The first-order valence-electron chi connectivity index (χ1n) is 6.73. The molecule has 1 aromatic carbocycles. The summed E-state index contributed by atoms with van der Waals surface area (Å²) in [5, 5.41) is 9.63. The van der Waals surface area contributed by atoms with Crippen molar-refractivity contribution in [2.24, 2.45) is 0 Å². The van der Waals surface area contributed by atoms with Crippen LogP contribution in [0.1, 0.15) is 31.1 Å². The third-order valence-corrected chi connectivity index (χ3v) is 3.93. The minimum Gasteiger partial charge on any atom is -0.389 e. The first kappa shape index (κ1) is 15.0. The normalized spacial score (nSPS) is 12.2. The van der Waals surface area contributed by atoms with E-state index in [0.717, 1.165) is 28.8 Å². The molecule has 2 aromatic rings. The molecule has 0 saturated carbocycles. The first-order chi connectivity index (χ1) is 9.61. The summed E-state index contributed by atoms with van der Waals surface area (Å²) in [5.41, 5.74) is 3.28. The maximum absolute atomic E-state index is 9.63. The minimum absolute atomic E-state index is 0.448. The molecule has 20 heavy (non-hydrogen) atoms. The summed E-state index contributed by atoms with van der Waals surface area (Å²) in [6.07, 6.45) is 3.18. The number of hydrogen-bond acceptors (Lipinski definition) is 3. The van der Waals surface area contributed by atoms with Gasteiger partial charge in [-0.25, -0.2) is 0 Å². The summed E-state index contributed by atoms with van der Waals surface area (Å²) < 4.78 is 1.01. The van der Waals surface area contributed by atoms with Crippen molar-refractivity contribution in [1.29, 1.82) is 0 Å². The van der Waals surface area contributed by atoms with Gasteiger partial charge >= 0.3 is 0 Å². The number of aromatic nitrogens is 1. The number of pyridine rings is 1. The maximum atomic E-state index is 9.63. The highest BCUT2D eigenvalue weighted by atomic mass is 79.9. The summed E-state index contributed by atoms with van der Waals surface area (Å²) in [6.45, 7) is 5.66. The van der Waals surface area contributed by atoms with Crippen LogP contribution in [0.15, 0.2) is 47.2 Å². The van der Waals surface area contributed by atoms with Gasteiger partial charge in [-0.15, -0.1) is 0 Å². The summed E-state index contributed by atoms with van der Waals surface area (Å²) in [4.78, 5) is 6.33. The molecule has 0 fully saturated rings. The van der Waals surface area contributed by atoms with E-state index in [9.17, 15) is 5.11 Å². The molecule has 2 rings (SSSR count). The van der Waals surface area contributed by atoms with Crippen LogP contribution in [-0.2, 0) is 6.54 Å². The van der Waals surface area contributed by atoms with Gasteiger partial charge in [0.2, 0.25) is 0 Å². The lowest BCUT2D eigenvalue weighted by molar-refractivity contribution is 0.199. The quantitative estimate of drug-likeness (QED) is 0.900. The van der Waals surface area contributed by atoms with E-state index in [0.29, 0.717) is 0 Å². The number of rotatable bonds is 5. The number of aliphatic hydroxyl groups excluding tert-OH is 1. The number of aliphatic hydroxyl groups is 1. The molecule has 1 atom stereocenters. The van der Waals surface area contributed by atoms with Crippen molar-refractivity contribution in [3.8, 4) is 0 Å². The molecule has 0 aliphatic heterocycles. The summed E-state index contributed by atoms with van der Waals surface area (Å²) in [5.74, 6) is 0. The second-order valence-electron chi connectivity index (χ2n) is 4.76. The zero-order valence-electron chi connectivity index (χ0n) is 11.8. The Hall–Kier alpha value is -1.39. The molecule has 4 heteroatoms. The maximum Gasteiger partial charge on any atom is 0.0762 e. The van der Waals surface area contributed by atoms with Crippen molar-refractivity contribution in [3.05, 3.63) is 58.3 Å². The molecule has 0 radical (unpaired) electrons. The second-order valence-corrected chi connectivity index (χ2v) is 5.61. The molecule has 0 amide bonds. The lowest BCUT2D eigenvalue weighted by atomic mass is 10.1. The molecule has 1 aromatic heterocycles. The van der Waals surface area contributed by atoms with Gasteiger partial charge in [0.25, 0.3) is 0 Å². The van der Waals surface area contributed by atoms with Crippen LogP contribution in [0, 0.1) is 0 Å². The lowest BCUT2D eigenvalue weighted by Gasteiger charge is -2.25. The molecule has 1 N–H and O–H groups in total. The van der Waals surface area contributed by atoms with Gasteiger partial charge in [0.15, 0.2) is 0 Å². The van der Waals surface area contributed by atoms with Gasteiger partial charge in [0.1, 0.15) is 0 Å². The lowest BCUT2D eigenvalue weighted by Crippen LogP contribution is -2.22. The third-order valence-electron chi connectivity index (χ3n) is 3.30. The van der Waals surface area contributed by atoms with E-state index in [1.807, 2.05) is 36.7 Å². The molecule has 1 heterocycles. The number of hydrogen-bond donors (Lipinski definition) is 1. The van der Waals surface area contributed by atoms with Gasteiger partial charge in [-0.3, -0.25) is 4.98 Å². The van der Waals surface area contributed by atoms with Crippen molar-refractivity contribution >= 4 is 21.6 Å². The molecule has 106 valence electrons. The molecular formula is C16H19BrN2O. The van der Waals surface area contributed by atoms with E-state index >= 15 is 0 Å². The summed E-state index contributed by atoms with van der Waals surface area (Å²) in [7, 11) is 0. The standard InChI is InChI=1S/C16H19BrN2O/c1-3-19(11-13-6-8-18-9-7-13)16-5-4-14(12(2)20)10-15(16)17/h4-10,12,20H,3,11H2,1-2H3/t12-/m0/s1. The highest BCUT2D eigenvalue weighted by Crippen LogP contribution is 2.30. The highest BCUT2D eigenvalue weighted by molar-refractivity contribution is 9.10. The highest BCUT2D eigenvalue weighted by Gasteiger charge is 2.11. The Kier molecular flexibility index (Phi) is 5.15. The Morgan fingerprint density at radius 1 is 1.25 bits per heavy atom. The molecule has 0 unspecified atom stereocenters. The van der Waals surface area contributed by atoms with E-state index in [1.165, 1.54) is 5.56 Å². The van der Waals surface area contributed by atoms with Crippen LogP contribution in [0.2, 0.25) is 0 Å². The van der Waals surface area contributed by atoms with Crippen molar-refractivity contribution in [3.63, 3.8) is 0 Å². The van der Waals surface area contributed by atoms with E-state index in [-0.39, 0.29) is 0 Å². The Morgan fingerprint density at radius 2 is 1.95 bits per heavy atom. The zero-order valence-corrected chi connectivity index (χ0v) is 13.3. The summed E-state index contributed by atoms with van der Waals surface area (Å²) in [6, 6.07) is 10.1. The Labute approximate surface area is 128 Å². The van der Waals surface area contributed by atoms with Crippen molar-refractivity contribution < 1.29 is 5.11 Å². The molecule has 0 bridgehead atoms. The SMILES string of the molecule is CCN(Cc1ccncc1)c1ccc([C@H](C)O)cc1Br. The van der Waals surface area contributed by atoms with Crippen molar-refractivity contribution in [2.75, 3.05) is 11.4 Å². The number of nitrogens with zero attached hydrogens (tertiary/aromatic N) is 2. The van der Waals surface area contributed by atoms with Crippen LogP contribution < -0.4 is 4.90 Å². The third kappa shape index (κ3) is 3.58. The Morgan fingerprint density at radius 3 is 2.50 bits per heavy atom. The molecule has 3 nitrogen and oxygen atoms in total. The molecule has 0 spiro atoms. The van der Waals surface area contributed by atoms with Gasteiger partial charge in [-0.1, -0.05) is 6.07 Å². The smallest absolute Gasteiger partial charge is 0.0762 e. The second kappa shape index (κ2) is 6.86. The zero-order chi connectivity index (χ0) is 14.5. The fraction of sp³-hybridized carbons (Fsp3) is 0.312. The van der Waals surface area contributed by atoms with Crippen molar-refractivity contribution in [1.82, 2.24) is 4.98 Å². The fourth-order valence-electron chi connectivity index (χ4n) is 2.12. The molecular weight excluding hydrogens is 316 g/mol. The van der Waals surface area contributed by atoms with Gasteiger partial charge in [-0.05, 0) is 65.2 Å². The number of halogens is 1. The van der Waals surface area contributed by atoms with Crippen molar-refractivity contribution in [2.45, 2.75) is 26.5 Å². The summed E-state index contributed by atoms with van der Waals surface area (Å²) >= 11 is 3.61.